The van der Waals surface area contributed by atoms with Crippen molar-refractivity contribution in [2.45, 2.75) is 19.9 Å². The van der Waals surface area contributed by atoms with Crippen LogP contribution in [0.5, 0.6) is 0 Å². The average molecular weight is 204 g/mol. The maximum atomic E-state index is 5.73. The zero-order valence-electron chi connectivity index (χ0n) is 8.62. The maximum Gasteiger partial charge on any atom is 0.186 e. The molecule has 6 nitrogen and oxygen atoms in total. The van der Waals surface area contributed by atoms with E-state index < -0.39 is 0 Å². The number of aromatic nitrogens is 5. The van der Waals surface area contributed by atoms with Crippen molar-refractivity contribution in [1.29, 1.82) is 0 Å². The second-order valence-corrected chi connectivity index (χ2v) is 3.45. The monoisotopic (exact) mass is 204 g/mol. The fraction of sp³-hybridized carbons (Fsp3) is 0.333. The van der Waals surface area contributed by atoms with E-state index in [4.69, 9.17) is 5.73 Å². The van der Waals surface area contributed by atoms with Gasteiger partial charge in [-0.1, -0.05) is 0 Å². The molecule has 0 unspecified atom stereocenters. The predicted molar refractivity (Wildman–Crippen MR) is 55.8 cm³/mol. The van der Waals surface area contributed by atoms with Crippen LogP contribution < -0.4 is 5.73 Å². The van der Waals surface area contributed by atoms with Crippen molar-refractivity contribution in [3.63, 3.8) is 0 Å². The van der Waals surface area contributed by atoms with E-state index in [1.54, 1.807) is 18.7 Å². The minimum atomic E-state index is 0.261. The van der Waals surface area contributed by atoms with Crippen molar-refractivity contribution >= 4 is 5.82 Å². The first-order valence-corrected chi connectivity index (χ1v) is 4.66. The Bertz CT molecular complexity index is 461. The molecule has 0 aliphatic rings. The molecule has 0 atom stereocenters. The molecule has 2 aromatic heterocycles. The van der Waals surface area contributed by atoms with Gasteiger partial charge in [0.05, 0.1) is 0 Å². The Morgan fingerprint density at radius 1 is 1.27 bits per heavy atom. The van der Waals surface area contributed by atoms with E-state index in [2.05, 4.69) is 20.2 Å². The van der Waals surface area contributed by atoms with E-state index in [-0.39, 0.29) is 6.04 Å². The molecule has 6 heteroatoms. The summed E-state index contributed by atoms with van der Waals surface area (Å²) in [5.41, 5.74) is 6.30. The van der Waals surface area contributed by atoms with Gasteiger partial charge in [0.2, 0.25) is 0 Å². The molecule has 0 saturated heterocycles. The van der Waals surface area contributed by atoms with Crippen molar-refractivity contribution < 1.29 is 0 Å². The summed E-state index contributed by atoms with van der Waals surface area (Å²) in [6, 6.07) is 0.261. The molecule has 0 amide bonds. The highest BCUT2D eigenvalue weighted by atomic mass is 15.3. The lowest BCUT2D eigenvalue weighted by Gasteiger charge is -2.09. The van der Waals surface area contributed by atoms with Crippen LogP contribution in [0, 0.1) is 0 Å². The Hall–Kier alpha value is -1.98. The molecule has 78 valence electrons. The Morgan fingerprint density at radius 2 is 2.00 bits per heavy atom. The fourth-order valence-electron chi connectivity index (χ4n) is 1.31. The first-order chi connectivity index (χ1) is 7.20. The predicted octanol–water partition coefficient (Wildman–Crippen LogP) is 0.898. The SMILES string of the molecule is CC(C)n1cnnc1-c1nccnc1N. The number of rotatable bonds is 2. The largest absolute Gasteiger partial charge is 0.382 e. The summed E-state index contributed by atoms with van der Waals surface area (Å²) in [6.45, 7) is 4.08. The number of anilines is 1. The van der Waals surface area contributed by atoms with Gasteiger partial charge in [-0.25, -0.2) is 9.97 Å². The van der Waals surface area contributed by atoms with Crippen molar-refractivity contribution in [2.24, 2.45) is 0 Å². The highest BCUT2D eigenvalue weighted by Crippen LogP contribution is 2.21. The summed E-state index contributed by atoms with van der Waals surface area (Å²) >= 11 is 0. The molecule has 2 rings (SSSR count). The topological polar surface area (TPSA) is 82.5 Å². The van der Waals surface area contributed by atoms with Crippen LogP contribution in [-0.2, 0) is 0 Å². The van der Waals surface area contributed by atoms with E-state index in [1.807, 2.05) is 18.4 Å². The lowest BCUT2D eigenvalue weighted by molar-refractivity contribution is 0.603. The van der Waals surface area contributed by atoms with Gasteiger partial charge in [-0.15, -0.1) is 10.2 Å². The molecule has 2 heterocycles. The van der Waals surface area contributed by atoms with Crippen LogP contribution in [0.4, 0.5) is 5.82 Å². The smallest absolute Gasteiger partial charge is 0.186 e. The van der Waals surface area contributed by atoms with Gasteiger partial charge >= 0.3 is 0 Å². The number of hydrogen-bond donors (Lipinski definition) is 1. The van der Waals surface area contributed by atoms with Gasteiger partial charge in [-0.3, -0.25) is 0 Å². The molecular weight excluding hydrogens is 192 g/mol. The third-order valence-electron chi connectivity index (χ3n) is 2.07. The van der Waals surface area contributed by atoms with Crippen molar-refractivity contribution in [3.05, 3.63) is 18.7 Å². The summed E-state index contributed by atoms with van der Waals surface area (Å²) in [6.07, 6.45) is 4.80. The second-order valence-electron chi connectivity index (χ2n) is 3.45. The van der Waals surface area contributed by atoms with Gasteiger partial charge in [-0.2, -0.15) is 0 Å². The minimum Gasteiger partial charge on any atom is -0.382 e. The molecule has 0 saturated carbocycles. The molecule has 2 aromatic rings. The van der Waals surface area contributed by atoms with Crippen molar-refractivity contribution in [1.82, 2.24) is 24.7 Å². The maximum absolute atomic E-state index is 5.73. The minimum absolute atomic E-state index is 0.261. The van der Waals surface area contributed by atoms with E-state index in [9.17, 15) is 0 Å². The molecule has 0 fully saturated rings. The van der Waals surface area contributed by atoms with E-state index >= 15 is 0 Å². The highest BCUT2D eigenvalue weighted by molar-refractivity contribution is 5.62. The summed E-state index contributed by atoms with van der Waals surface area (Å²) in [7, 11) is 0. The second kappa shape index (κ2) is 3.64. The number of nitrogens with zero attached hydrogens (tertiary/aromatic N) is 5. The van der Waals surface area contributed by atoms with E-state index in [0.717, 1.165) is 0 Å². The summed E-state index contributed by atoms with van der Waals surface area (Å²) in [4.78, 5) is 8.12. The molecule has 0 radical (unpaired) electrons. The summed E-state index contributed by atoms with van der Waals surface area (Å²) < 4.78 is 1.90. The van der Waals surface area contributed by atoms with Crippen LogP contribution in [0.3, 0.4) is 0 Å². The summed E-state index contributed by atoms with van der Waals surface area (Å²) in [5.74, 6) is 1.02. The Kier molecular flexibility index (Phi) is 2.32. The quantitative estimate of drug-likeness (QED) is 0.785. The van der Waals surface area contributed by atoms with Gasteiger partial charge in [0.25, 0.3) is 0 Å². The third-order valence-corrected chi connectivity index (χ3v) is 2.07. The third kappa shape index (κ3) is 1.65. The van der Waals surface area contributed by atoms with Gasteiger partial charge < -0.3 is 10.3 Å². The zero-order valence-corrected chi connectivity index (χ0v) is 8.62. The van der Waals surface area contributed by atoms with Crippen molar-refractivity contribution in [3.8, 4) is 11.5 Å². The van der Waals surface area contributed by atoms with Gasteiger partial charge in [0.15, 0.2) is 11.6 Å². The van der Waals surface area contributed by atoms with Gasteiger partial charge in [-0.05, 0) is 13.8 Å². The van der Waals surface area contributed by atoms with E-state index in [1.165, 1.54) is 0 Å². The van der Waals surface area contributed by atoms with E-state index in [0.29, 0.717) is 17.3 Å². The van der Waals surface area contributed by atoms with Crippen LogP contribution >= 0.6 is 0 Å². The Morgan fingerprint density at radius 3 is 2.67 bits per heavy atom. The number of hydrogen-bond acceptors (Lipinski definition) is 5. The standard InChI is InChI=1S/C9H12N6/c1-6(2)15-5-13-14-9(15)7-8(10)12-4-3-11-7/h3-6H,1-2H3,(H2,10,12). The van der Waals surface area contributed by atoms with Gasteiger partial charge in [0, 0.05) is 18.4 Å². The first kappa shape index (κ1) is 9.57. The van der Waals surface area contributed by atoms with Crippen LogP contribution in [-0.4, -0.2) is 24.7 Å². The normalized spacial score (nSPS) is 10.9. The Labute approximate surface area is 87.2 Å². The van der Waals surface area contributed by atoms with Crippen LogP contribution in [0.15, 0.2) is 18.7 Å². The van der Waals surface area contributed by atoms with Crippen LogP contribution in [0.2, 0.25) is 0 Å². The molecule has 2 N–H and O–H groups in total. The zero-order chi connectivity index (χ0) is 10.8. The molecule has 0 bridgehead atoms. The summed E-state index contributed by atoms with van der Waals surface area (Å²) in [5, 5.41) is 7.85. The van der Waals surface area contributed by atoms with Gasteiger partial charge in [0.1, 0.15) is 12.0 Å². The van der Waals surface area contributed by atoms with Crippen LogP contribution in [0.25, 0.3) is 11.5 Å². The highest BCUT2D eigenvalue weighted by Gasteiger charge is 2.13. The lowest BCUT2D eigenvalue weighted by atomic mass is 10.3. The van der Waals surface area contributed by atoms with Crippen molar-refractivity contribution in [2.75, 3.05) is 5.73 Å². The molecule has 0 spiro atoms. The molecular formula is C9H12N6. The lowest BCUT2D eigenvalue weighted by Crippen LogP contribution is -2.05. The Balaban J connectivity index is 2.55. The number of nitrogens with two attached hydrogens (primary N) is 1. The average Bonchev–Trinajstić information content (AvgIpc) is 2.67. The molecule has 0 aliphatic heterocycles. The molecule has 15 heavy (non-hydrogen) atoms. The molecule has 0 aromatic carbocycles. The number of nitrogen functional groups attached to an aromatic ring is 1. The first-order valence-electron chi connectivity index (χ1n) is 4.66. The fourth-order valence-corrected chi connectivity index (χ4v) is 1.31. The van der Waals surface area contributed by atoms with Crippen LogP contribution in [0.1, 0.15) is 19.9 Å². The molecule has 0 aliphatic carbocycles.